The van der Waals surface area contributed by atoms with E-state index in [2.05, 4.69) is 4.99 Å². The zero-order valence-electron chi connectivity index (χ0n) is 9.00. The minimum Gasteiger partial charge on any atom is -0.478 e. The van der Waals surface area contributed by atoms with Gasteiger partial charge in [0.1, 0.15) is 5.84 Å². The summed E-state index contributed by atoms with van der Waals surface area (Å²) >= 11 is 0. The maximum Gasteiger partial charge on any atom is 0.334 e. The first kappa shape index (κ1) is 9.84. The Bertz CT molecular complexity index is 585. The van der Waals surface area contributed by atoms with Gasteiger partial charge in [-0.3, -0.25) is 0 Å². The van der Waals surface area contributed by atoms with Crippen LogP contribution in [-0.4, -0.2) is 28.4 Å². The van der Waals surface area contributed by atoms with Gasteiger partial charge in [0.05, 0.1) is 12.1 Å². The number of carboxylic acid groups (broad SMARTS) is 1. The highest BCUT2D eigenvalue weighted by atomic mass is 16.4. The molecular weight excluding hydrogens is 216 g/mol. The molecule has 2 aliphatic rings. The normalized spacial score (nSPS) is 16.8. The minimum atomic E-state index is -0.917. The van der Waals surface area contributed by atoms with E-state index in [0.29, 0.717) is 12.1 Å². The zero-order chi connectivity index (χ0) is 11.8. The van der Waals surface area contributed by atoms with Crippen molar-refractivity contribution in [1.82, 2.24) is 4.90 Å². The van der Waals surface area contributed by atoms with Gasteiger partial charge in [-0.1, -0.05) is 24.3 Å². The molecule has 0 aliphatic carbocycles. The molecule has 1 aromatic carbocycles. The number of hydrogen-bond acceptors (Lipinski definition) is 3. The lowest BCUT2D eigenvalue weighted by molar-refractivity contribution is -0.132. The van der Waals surface area contributed by atoms with Crippen LogP contribution < -0.4 is 0 Å². The van der Waals surface area contributed by atoms with E-state index in [1.54, 1.807) is 0 Å². The zero-order valence-corrected chi connectivity index (χ0v) is 9.00. The summed E-state index contributed by atoms with van der Waals surface area (Å²) in [6, 6.07) is 7.93. The summed E-state index contributed by atoms with van der Waals surface area (Å²) in [5.74, 6) is -0.104. The molecule has 84 valence electrons. The van der Waals surface area contributed by atoms with E-state index in [0.717, 1.165) is 17.0 Å². The molecule has 1 N–H and O–H groups in total. The van der Waals surface area contributed by atoms with Gasteiger partial charge in [0.2, 0.25) is 0 Å². The Morgan fingerprint density at radius 2 is 2.18 bits per heavy atom. The number of amidine groups is 1. The summed E-state index contributed by atoms with van der Waals surface area (Å²) in [4.78, 5) is 17.0. The molecule has 2 aliphatic heterocycles. The maximum absolute atomic E-state index is 10.9. The van der Waals surface area contributed by atoms with Crippen LogP contribution in [0.15, 0.2) is 47.2 Å². The molecule has 0 aromatic heterocycles. The Labute approximate surface area is 98.2 Å². The number of carboxylic acids is 1. The number of rotatable bonds is 1. The lowest BCUT2D eigenvalue weighted by atomic mass is 10.0. The first-order chi connectivity index (χ1) is 8.25. The smallest absolute Gasteiger partial charge is 0.334 e. The van der Waals surface area contributed by atoms with Gasteiger partial charge in [-0.2, -0.15) is 0 Å². The second-order valence-corrected chi connectivity index (χ2v) is 3.94. The predicted octanol–water partition coefficient (Wildman–Crippen LogP) is 1.70. The van der Waals surface area contributed by atoms with Crippen LogP contribution >= 0.6 is 0 Å². The van der Waals surface area contributed by atoms with Gasteiger partial charge in [0, 0.05) is 18.0 Å². The molecule has 17 heavy (non-hydrogen) atoms. The van der Waals surface area contributed by atoms with Crippen LogP contribution in [0.2, 0.25) is 0 Å². The van der Waals surface area contributed by atoms with E-state index >= 15 is 0 Å². The molecular formula is C13H10N2O2. The molecule has 0 amide bonds. The van der Waals surface area contributed by atoms with Crippen molar-refractivity contribution in [2.24, 2.45) is 4.99 Å². The van der Waals surface area contributed by atoms with Crippen LogP contribution in [0, 0.1) is 0 Å². The highest BCUT2D eigenvalue weighted by Crippen LogP contribution is 2.23. The second-order valence-electron chi connectivity index (χ2n) is 3.94. The fraction of sp³-hybridized carbons (Fsp3) is 0.0769. The number of nitrogens with zero attached hydrogens (tertiary/aromatic N) is 2. The predicted molar refractivity (Wildman–Crippen MR) is 64.4 cm³/mol. The second kappa shape index (κ2) is 3.59. The fourth-order valence-electron chi connectivity index (χ4n) is 2.00. The highest BCUT2D eigenvalue weighted by molar-refractivity contribution is 6.06. The van der Waals surface area contributed by atoms with Gasteiger partial charge in [0.25, 0.3) is 0 Å². The molecule has 1 aromatic rings. The Balaban J connectivity index is 2.10. The molecule has 0 saturated heterocycles. The number of fused-ring (bicyclic) bond motifs is 3. The third-order valence-corrected chi connectivity index (χ3v) is 2.87. The topological polar surface area (TPSA) is 52.9 Å². The van der Waals surface area contributed by atoms with Crippen molar-refractivity contribution in [3.63, 3.8) is 0 Å². The Hall–Kier alpha value is -2.36. The lowest BCUT2D eigenvalue weighted by Crippen LogP contribution is -2.34. The summed E-state index contributed by atoms with van der Waals surface area (Å²) < 4.78 is 0. The minimum absolute atomic E-state index is 0.304. The monoisotopic (exact) mass is 226 g/mol. The van der Waals surface area contributed by atoms with Crippen molar-refractivity contribution in [2.45, 2.75) is 0 Å². The summed E-state index contributed by atoms with van der Waals surface area (Å²) in [6.45, 7) is 0.360. The van der Waals surface area contributed by atoms with Crippen LogP contribution in [0.4, 0.5) is 0 Å². The van der Waals surface area contributed by atoms with Gasteiger partial charge >= 0.3 is 5.97 Å². The molecule has 0 unspecified atom stereocenters. The Morgan fingerprint density at radius 1 is 1.35 bits per heavy atom. The number of benzene rings is 1. The first-order valence-electron chi connectivity index (χ1n) is 5.30. The number of hydrogen-bond donors (Lipinski definition) is 1. The molecule has 0 saturated carbocycles. The lowest BCUT2D eigenvalue weighted by Gasteiger charge is -2.29. The Morgan fingerprint density at radius 3 is 3.00 bits per heavy atom. The van der Waals surface area contributed by atoms with Crippen molar-refractivity contribution < 1.29 is 9.90 Å². The first-order valence-corrected chi connectivity index (χ1v) is 5.30. The number of carbonyl (C=O) groups is 1. The molecule has 0 bridgehead atoms. The molecule has 4 nitrogen and oxygen atoms in total. The fourth-order valence-corrected chi connectivity index (χ4v) is 2.00. The van der Waals surface area contributed by atoms with Crippen molar-refractivity contribution in [1.29, 1.82) is 0 Å². The number of aliphatic imine (C=N–C) groups is 1. The molecule has 3 rings (SSSR count). The summed E-state index contributed by atoms with van der Waals surface area (Å²) in [6.07, 6.45) is 5.28. The number of aliphatic carboxylic acids is 1. The Kier molecular flexibility index (Phi) is 2.08. The average Bonchev–Trinajstić information content (AvgIpc) is 2.38. The van der Waals surface area contributed by atoms with E-state index in [1.165, 1.54) is 6.20 Å². The average molecular weight is 226 g/mol. The van der Waals surface area contributed by atoms with E-state index < -0.39 is 5.97 Å². The van der Waals surface area contributed by atoms with Crippen LogP contribution in [0.25, 0.3) is 6.08 Å². The van der Waals surface area contributed by atoms with Crippen molar-refractivity contribution >= 4 is 17.9 Å². The summed E-state index contributed by atoms with van der Waals surface area (Å²) in [5, 5.41) is 8.94. The van der Waals surface area contributed by atoms with Gasteiger partial charge < -0.3 is 10.0 Å². The van der Waals surface area contributed by atoms with Gasteiger partial charge in [-0.05, 0) is 11.6 Å². The van der Waals surface area contributed by atoms with Crippen LogP contribution in [0.1, 0.15) is 11.1 Å². The quantitative estimate of drug-likeness (QED) is 0.793. The molecule has 2 heterocycles. The molecule has 0 fully saturated rings. The molecule has 0 radical (unpaired) electrons. The van der Waals surface area contributed by atoms with Gasteiger partial charge in [-0.25, -0.2) is 9.79 Å². The van der Waals surface area contributed by atoms with Gasteiger partial charge in [-0.15, -0.1) is 0 Å². The van der Waals surface area contributed by atoms with Crippen LogP contribution in [-0.2, 0) is 4.79 Å². The van der Waals surface area contributed by atoms with Crippen LogP contribution in [0.5, 0.6) is 0 Å². The highest BCUT2D eigenvalue weighted by Gasteiger charge is 2.23. The largest absolute Gasteiger partial charge is 0.478 e. The van der Waals surface area contributed by atoms with E-state index in [4.69, 9.17) is 5.11 Å². The van der Waals surface area contributed by atoms with Crippen molar-refractivity contribution in [2.75, 3.05) is 6.54 Å². The molecule has 0 atom stereocenters. The molecule has 0 spiro atoms. The van der Waals surface area contributed by atoms with E-state index in [1.807, 2.05) is 41.4 Å². The summed E-state index contributed by atoms with van der Waals surface area (Å²) in [5.41, 5.74) is 2.45. The summed E-state index contributed by atoms with van der Waals surface area (Å²) in [7, 11) is 0. The van der Waals surface area contributed by atoms with Crippen molar-refractivity contribution in [3.8, 4) is 0 Å². The van der Waals surface area contributed by atoms with Crippen LogP contribution in [0.3, 0.4) is 0 Å². The standard InChI is InChI=1S/C13H10N2O2/c16-13(17)10-7-14-12-11-4-2-1-3-9(11)5-6-15(12)8-10/h1-7H,8H2,(H,16,17). The van der Waals surface area contributed by atoms with E-state index in [-0.39, 0.29) is 0 Å². The molecule has 4 heteroatoms. The van der Waals surface area contributed by atoms with E-state index in [9.17, 15) is 4.79 Å². The van der Waals surface area contributed by atoms with Gasteiger partial charge in [0.15, 0.2) is 0 Å². The maximum atomic E-state index is 10.9. The SMILES string of the molecule is O=C(O)C1=CN=C2c3ccccc3C=CN2C1. The third-order valence-electron chi connectivity index (χ3n) is 2.87. The van der Waals surface area contributed by atoms with Crippen molar-refractivity contribution in [3.05, 3.63) is 53.4 Å². The third kappa shape index (κ3) is 1.54.